The quantitative estimate of drug-likeness (QED) is 0.435. The molecule has 0 aliphatic heterocycles. The molecular formula is C27H44O6. The molecule has 33 heavy (non-hydrogen) atoms. The molecule has 2 aliphatic carbocycles. The van der Waals surface area contributed by atoms with E-state index in [2.05, 4.69) is 32.1 Å². The van der Waals surface area contributed by atoms with Crippen LogP contribution < -0.4 is 0 Å². The van der Waals surface area contributed by atoms with Crippen molar-refractivity contribution in [2.75, 3.05) is 6.61 Å². The number of hydrogen-bond acceptors (Lipinski definition) is 6. The first kappa shape index (κ1) is 27.6. The number of aliphatic hydroxyl groups excluding tert-OH is 2. The van der Waals surface area contributed by atoms with Gasteiger partial charge in [0, 0.05) is 5.92 Å². The summed E-state index contributed by atoms with van der Waals surface area (Å²) in [6.45, 7) is 12.2. The van der Waals surface area contributed by atoms with E-state index in [1.807, 2.05) is 20.8 Å². The Labute approximate surface area is 199 Å². The van der Waals surface area contributed by atoms with Crippen LogP contribution >= 0.6 is 0 Å². The van der Waals surface area contributed by atoms with Crippen molar-refractivity contribution in [3.63, 3.8) is 0 Å². The number of hydrogen-bond donors (Lipinski definition) is 2. The Balaban J connectivity index is 2.07. The predicted molar refractivity (Wildman–Crippen MR) is 128 cm³/mol. The van der Waals surface area contributed by atoms with E-state index in [4.69, 9.17) is 9.47 Å². The maximum atomic E-state index is 12.9. The van der Waals surface area contributed by atoms with Gasteiger partial charge < -0.3 is 19.7 Å². The minimum absolute atomic E-state index is 0.105. The summed E-state index contributed by atoms with van der Waals surface area (Å²) in [5.41, 5.74) is 0.710. The zero-order valence-electron chi connectivity index (χ0n) is 21.3. The van der Waals surface area contributed by atoms with Gasteiger partial charge in [0.25, 0.3) is 0 Å². The molecule has 0 spiro atoms. The van der Waals surface area contributed by atoms with E-state index in [0.717, 1.165) is 19.3 Å². The van der Waals surface area contributed by atoms with Gasteiger partial charge in [-0.15, -0.1) is 0 Å². The van der Waals surface area contributed by atoms with E-state index in [9.17, 15) is 19.8 Å². The summed E-state index contributed by atoms with van der Waals surface area (Å²) in [5.74, 6) is 0.363. The number of aliphatic hydroxyl groups is 2. The fraction of sp³-hybridized carbons (Fsp3) is 0.778. The molecule has 0 saturated heterocycles. The largest absolute Gasteiger partial charge is 0.466 e. The lowest BCUT2D eigenvalue weighted by Crippen LogP contribution is -2.43. The topological polar surface area (TPSA) is 93.1 Å². The lowest BCUT2D eigenvalue weighted by molar-refractivity contribution is -0.164. The van der Waals surface area contributed by atoms with Gasteiger partial charge in [0.05, 0.1) is 30.7 Å². The van der Waals surface area contributed by atoms with Crippen LogP contribution in [0.5, 0.6) is 0 Å². The number of allylic oxidation sites excluding steroid dienone is 3. The Morgan fingerprint density at radius 3 is 2.52 bits per heavy atom. The Morgan fingerprint density at radius 1 is 1.18 bits per heavy atom. The van der Waals surface area contributed by atoms with Crippen LogP contribution in [0, 0.1) is 29.1 Å². The number of carbonyl (C=O) groups is 2. The summed E-state index contributed by atoms with van der Waals surface area (Å²) in [5, 5.41) is 20.7. The molecular weight excluding hydrogens is 420 g/mol. The smallest absolute Gasteiger partial charge is 0.311 e. The highest BCUT2D eigenvalue weighted by atomic mass is 16.5. The van der Waals surface area contributed by atoms with Crippen LogP contribution in [0.15, 0.2) is 23.8 Å². The van der Waals surface area contributed by atoms with Gasteiger partial charge in [-0.1, -0.05) is 39.0 Å². The van der Waals surface area contributed by atoms with Crippen molar-refractivity contribution in [2.24, 2.45) is 29.1 Å². The van der Waals surface area contributed by atoms with Crippen molar-refractivity contribution in [1.29, 1.82) is 0 Å². The van der Waals surface area contributed by atoms with Gasteiger partial charge in [0.15, 0.2) is 0 Å². The van der Waals surface area contributed by atoms with Gasteiger partial charge in [0.2, 0.25) is 0 Å². The molecule has 0 fully saturated rings. The summed E-state index contributed by atoms with van der Waals surface area (Å²) in [7, 11) is 0. The zero-order valence-corrected chi connectivity index (χ0v) is 21.3. The number of rotatable bonds is 11. The van der Waals surface area contributed by atoms with Gasteiger partial charge >= 0.3 is 11.9 Å². The second-order valence-corrected chi connectivity index (χ2v) is 10.6. The third-order valence-electron chi connectivity index (χ3n) is 7.38. The fourth-order valence-electron chi connectivity index (χ4n) is 4.98. The highest BCUT2D eigenvalue weighted by Gasteiger charge is 2.42. The highest BCUT2D eigenvalue weighted by Crippen LogP contribution is 2.45. The van der Waals surface area contributed by atoms with E-state index >= 15 is 0 Å². The standard InChI is InChI=1S/C27H44O6/c1-7-27(5,6)26(31)33-23-14-17(3)13-19-10-9-18(4)22(25(19)23)12-11-20(28)15-21(29)16-24(30)32-8-2/h9-10,13,17-18,20-23,25,28-29H,7-8,11-12,14-16H2,1-6H3. The van der Waals surface area contributed by atoms with Gasteiger partial charge in [-0.3, -0.25) is 9.59 Å². The lowest BCUT2D eigenvalue weighted by Gasteiger charge is -2.44. The Morgan fingerprint density at radius 2 is 1.88 bits per heavy atom. The molecule has 7 unspecified atom stereocenters. The third-order valence-corrected chi connectivity index (χ3v) is 7.38. The first-order valence-corrected chi connectivity index (χ1v) is 12.6. The Kier molecular flexibility index (Phi) is 10.2. The highest BCUT2D eigenvalue weighted by molar-refractivity contribution is 5.76. The minimum Gasteiger partial charge on any atom is -0.466 e. The second kappa shape index (κ2) is 12.2. The van der Waals surface area contributed by atoms with E-state index < -0.39 is 23.6 Å². The second-order valence-electron chi connectivity index (χ2n) is 10.6. The van der Waals surface area contributed by atoms with Gasteiger partial charge in [-0.2, -0.15) is 0 Å². The molecule has 2 aliphatic rings. The molecule has 7 atom stereocenters. The molecule has 6 nitrogen and oxygen atoms in total. The summed E-state index contributed by atoms with van der Waals surface area (Å²) < 4.78 is 11.0. The predicted octanol–water partition coefficient (Wildman–Crippen LogP) is 4.58. The maximum absolute atomic E-state index is 12.9. The molecule has 6 heteroatoms. The molecule has 0 aromatic heterocycles. The van der Waals surface area contributed by atoms with Crippen molar-refractivity contribution < 1.29 is 29.3 Å². The normalized spacial score (nSPS) is 29.0. The van der Waals surface area contributed by atoms with Crippen molar-refractivity contribution in [3.8, 4) is 0 Å². The Hall–Kier alpha value is -1.66. The summed E-state index contributed by atoms with van der Waals surface area (Å²) in [4.78, 5) is 24.5. The first-order chi connectivity index (χ1) is 15.5. The summed E-state index contributed by atoms with van der Waals surface area (Å²) in [6.07, 6.45) is 7.70. The maximum Gasteiger partial charge on any atom is 0.311 e. The van der Waals surface area contributed by atoms with Crippen molar-refractivity contribution >= 4 is 11.9 Å². The van der Waals surface area contributed by atoms with Crippen LogP contribution in [-0.2, 0) is 19.1 Å². The van der Waals surface area contributed by atoms with Gasteiger partial charge in [-0.25, -0.2) is 0 Å². The third kappa shape index (κ3) is 7.68. The van der Waals surface area contributed by atoms with Crippen molar-refractivity contribution in [1.82, 2.24) is 0 Å². The molecule has 0 bridgehead atoms. The molecule has 2 N–H and O–H groups in total. The lowest BCUT2D eigenvalue weighted by atomic mass is 9.65. The molecule has 0 saturated carbocycles. The number of ether oxygens (including phenoxy) is 2. The average molecular weight is 465 g/mol. The fourth-order valence-corrected chi connectivity index (χ4v) is 4.98. The molecule has 188 valence electrons. The minimum atomic E-state index is -0.918. The van der Waals surface area contributed by atoms with Crippen LogP contribution in [0.2, 0.25) is 0 Å². The van der Waals surface area contributed by atoms with E-state index in [0.29, 0.717) is 12.3 Å². The van der Waals surface area contributed by atoms with E-state index in [1.54, 1.807) is 6.92 Å². The van der Waals surface area contributed by atoms with E-state index in [1.165, 1.54) is 5.57 Å². The molecule has 0 heterocycles. The molecule has 0 amide bonds. The number of esters is 2. The molecule has 0 aromatic rings. The van der Waals surface area contributed by atoms with E-state index in [-0.39, 0.29) is 49.3 Å². The van der Waals surface area contributed by atoms with Crippen molar-refractivity contribution in [2.45, 2.75) is 98.4 Å². The van der Waals surface area contributed by atoms with Gasteiger partial charge in [-0.05, 0) is 76.2 Å². The SMILES string of the molecule is CCOC(=O)CC(O)CC(O)CCC1C(C)C=CC2=CC(C)CC(OC(=O)C(C)(C)CC)C21. The number of fused-ring (bicyclic) bond motifs is 1. The molecule has 0 radical (unpaired) electrons. The zero-order chi connectivity index (χ0) is 24.8. The van der Waals surface area contributed by atoms with Crippen molar-refractivity contribution in [3.05, 3.63) is 23.8 Å². The molecule has 0 aromatic carbocycles. The summed E-state index contributed by atoms with van der Waals surface area (Å²) in [6, 6.07) is 0. The Bertz CT molecular complexity index is 724. The monoisotopic (exact) mass is 464 g/mol. The van der Waals surface area contributed by atoms with Gasteiger partial charge in [0.1, 0.15) is 6.10 Å². The average Bonchev–Trinajstić information content (AvgIpc) is 2.72. The van der Waals surface area contributed by atoms with Crippen LogP contribution in [-0.4, -0.2) is 47.1 Å². The van der Waals surface area contributed by atoms with Crippen LogP contribution in [0.25, 0.3) is 0 Å². The van der Waals surface area contributed by atoms with Crippen LogP contribution in [0.3, 0.4) is 0 Å². The first-order valence-electron chi connectivity index (χ1n) is 12.6. The molecule has 2 rings (SSSR count). The number of carbonyl (C=O) groups excluding carboxylic acids is 2. The van der Waals surface area contributed by atoms with Crippen LogP contribution in [0.4, 0.5) is 0 Å². The summed E-state index contributed by atoms with van der Waals surface area (Å²) >= 11 is 0. The van der Waals surface area contributed by atoms with Crippen LogP contribution in [0.1, 0.15) is 80.1 Å².